The summed E-state index contributed by atoms with van der Waals surface area (Å²) in [6.45, 7) is 0. The van der Waals surface area contributed by atoms with Crippen molar-refractivity contribution in [1.82, 2.24) is 0 Å². The molecule has 2 atom stereocenters. The van der Waals surface area contributed by atoms with Crippen LogP contribution in [0, 0.1) is 11.8 Å². The van der Waals surface area contributed by atoms with E-state index in [1.54, 1.807) is 7.11 Å². The summed E-state index contributed by atoms with van der Waals surface area (Å²) < 4.78 is 10.0. The summed E-state index contributed by atoms with van der Waals surface area (Å²) in [7, 11) is 3.10. The topological polar surface area (TPSA) is 35.5 Å². The van der Waals surface area contributed by atoms with E-state index in [1.165, 1.54) is 7.11 Å². The Hall–Kier alpha value is -1.22. The minimum absolute atomic E-state index is 0.0851. The van der Waals surface area contributed by atoms with Gasteiger partial charge in [0.05, 0.1) is 20.1 Å². The van der Waals surface area contributed by atoms with Crippen LogP contribution >= 0.6 is 11.6 Å². The zero-order valence-corrected chi connectivity index (χ0v) is 11.4. The largest absolute Gasteiger partial charge is 0.496 e. The molecule has 0 saturated heterocycles. The minimum atomic E-state index is -0.0851. The van der Waals surface area contributed by atoms with Crippen LogP contribution in [-0.4, -0.2) is 20.2 Å². The number of hydrogen-bond donors (Lipinski definition) is 0. The number of carbonyl (C=O) groups excluding carboxylic acids is 1. The van der Waals surface area contributed by atoms with Crippen molar-refractivity contribution in [3.8, 4) is 5.75 Å². The molecule has 0 radical (unpaired) electrons. The van der Waals surface area contributed by atoms with Crippen LogP contribution in [0.1, 0.15) is 18.4 Å². The van der Waals surface area contributed by atoms with Gasteiger partial charge in [0.25, 0.3) is 0 Å². The Morgan fingerprint density at radius 2 is 2.22 bits per heavy atom. The van der Waals surface area contributed by atoms with E-state index in [-0.39, 0.29) is 11.9 Å². The number of benzene rings is 1. The van der Waals surface area contributed by atoms with Crippen molar-refractivity contribution in [2.75, 3.05) is 14.2 Å². The van der Waals surface area contributed by atoms with Crippen LogP contribution in [0.15, 0.2) is 18.2 Å². The summed E-state index contributed by atoms with van der Waals surface area (Å²) in [6, 6.07) is 5.62. The predicted octanol–water partition coefficient (Wildman–Crippen LogP) is 3.09. The van der Waals surface area contributed by atoms with Crippen molar-refractivity contribution in [3.05, 3.63) is 28.8 Å². The number of halogens is 1. The standard InChI is InChI=1S/C14H17ClO3/c1-17-13-6-5-11(15)7-10(13)4-3-9-8-12(9)14(16)18-2/h5-7,9,12H,3-4,8H2,1-2H3. The smallest absolute Gasteiger partial charge is 0.308 e. The number of hydrogen-bond acceptors (Lipinski definition) is 3. The Kier molecular flexibility index (Phi) is 4.12. The first-order chi connectivity index (χ1) is 8.65. The molecule has 1 aliphatic carbocycles. The lowest BCUT2D eigenvalue weighted by molar-refractivity contribution is -0.142. The highest BCUT2D eigenvalue weighted by Gasteiger charge is 2.43. The van der Waals surface area contributed by atoms with E-state index < -0.39 is 0 Å². The second-order valence-corrected chi connectivity index (χ2v) is 5.06. The van der Waals surface area contributed by atoms with E-state index >= 15 is 0 Å². The van der Waals surface area contributed by atoms with Crippen LogP contribution in [-0.2, 0) is 16.0 Å². The molecule has 18 heavy (non-hydrogen) atoms. The molecule has 3 nitrogen and oxygen atoms in total. The number of aryl methyl sites for hydroxylation is 1. The summed E-state index contributed by atoms with van der Waals surface area (Å²) in [5.41, 5.74) is 1.10. The van der Waals surface area contributed by atoms with Gasteiger partial charge in [0, 0.05) is 5.02 Å². The molecule has 1 saturated carbocycles. The molecule has 2 rings (SSSR count). The van der Waals surface area contributed by atoms with Crippen molar-refractivity contribution in [2.45, 2.75) is 19.3 Å². The summed E-state index contributed by atoms with van der Waals surface area (Å²) in [5.74, 6) is 1.31. The first-order valence-electron chi connectivity index (χ1n) is 6.06. The second-order valence-electron chi connectivity index (χ2n) is 4.62. The number of rotatable bonds is 5. The molecule has 0 amide bonds. The molecular formula is C14H17ClO3. The molecule has 1 aromatic carbocycles. The molecule has 0 bridgehead atoms. The summed E-state index contributed by atoms with van der Waals surface area (Å²) in [5, 5.41) is 0.714. The lowest BCUT2D eigenvalue weighted by Gasteiger charge is -2.08. The maximum atomic E-state index is 11.3. The molecule has 0 N–H and O–H groups in total. The molecule has 0 aromatic heterocycles. The quantitative estimate of drug-likeness (QED) is 0.770. The molecule has 98 valence electrons. The molecule has 0 spiro atoms. The van der Waals surface area contributed by atoms with E-state index in [9.17, 15) is 4.79 Å². The average Bonchev–Trinajstić information content (AvgIpc) is 3.15. The number of carbonyl (C=O) groups is 1. The third-order valence-corrected chi connectivity index (χ3v) is 3.69. The SMILES string of the molecule is COC(=O)C1CC1CCc1cc(Cl)ccc1OC. The van der Waals surface area contributed by atoms with Crippen LogP contribution in [0.5, 0.6) is 5.75 Å². The van der Waals surface area contributed by atoms with Gasteiger partial charge in [0.15, 0.2) is 0 Å². The predicted molar refractivity (Wildman–Crippen MR) is 69.9 cm³/mol. The third kappa shape index (κ3) is 2.96. The van der Waals surface area contributed by atoms with E-state index in [4.69, 9.17) is 21.1 Å². The summed E-state index contributed by atoms with van der Waals surface area (Å²) in [4.78, 5) is 11.3. The normalized spacial score (nSPS) is 21.5. The van der Waals surface area contributed by atoms with Gasteiger partial charge in [-0.15, -0.1) is 0 Å². The van der Waals surface area contributed by atoms with Crippen LogP contribution < -0.4 is 4.74 Å². The van der Waals surface area contributed by atoms with Crippen molar-refractivity contribution < 1.29 is 14.3 Å². The van der Waals surface area contributed by atoms with E-state index in [0.29, 0.717) is 10.9 Å². The number of esters is 1. The van der Waals surface area contributed by atoms with Gasteiger partial charge in [-0.2, -0.15) is 0 Å². The number of ether oxygens (including phenoxy) is 2. The number of methoxy groups -OCH3 is 2. The lowest BCUT2D eigenvalue weighted by Crippen LogP contribution is -2.04. The van der Waals surface area contributed by atoms with E-state index in [2.05, 4.69) is 0 Å². The Balaban J connectivity index is 1.91. The summed E-state index contributed by atoms with van der Waals surface area (Å²) >= 11 is 5.98. The molecule has 4 heteroatoms. The molecule has 1 aromatic rings. The molecule has 0 aliphatic heterocycles. The third-order valence-electron chi connectivity index (χ3n) is 3.45. The van der Waals surface area contributed by atoms with Crippen molar-refractivity contribution in [3.63, 3.8) is 0 Å². The Morgan fingerprint density at radius 3 is 2.89 bits per heavy atom. The highest BCUT2D eigenvalue weighted by atomic mass is 35.5. The maximum absolute atomic E-state index is 11.3. The fourth-order valence-corrected chi connectivity index (χ4v) is 2.48. The second kappa shape index (κ2) is 5.61. The Bertz CT molecular complexity index is 445. The van der Waals surface area contributed by atoms with Gasteiger partial charge in [0.2, 0.25) is 0 Å². The van der Waals surface area contributed by atoms with E-state index in [1.807, 2.05) is 18.2 Å². The van der Waals surface area contributed by atoms with E-state index in [0.717, 1.165) is 30.6 Å². The zero-order chi connectivity index (χ0) is 13.1. The zero-order valence-electron chi connectivity index (χ0n) is 10.6. The van der Waals surface area contributed by atoms with Gasteiger partial charge in [0.1, 0.15) is 5.75 Å². The van der Waals surface area contributed by atoms with Gasteiger partial charge in [-0.3, -0.25) is 4.79 Å². The summed E-state index contributed by atoms with van der Waals surface area (Å²) in [6.07, 6.45) is 2.79. The van der Waals surface area contributed by atoms with Crippen molar-refractivity contribution >= 4 is 17.6 Å². The first-order valence-corrected chi connectivity index (χ1v) is 6.43. The molecule has 1 aliphatic rings. The van der Waals surface area contributed by atoms with Crippen molar-refractivity contribution in [1.29, 1.82) is 0 Å². The molecule has 0 heterocycles. The Labute approximate surface area is 112 Å². The van der Waals surface area contributed by atoms with Gasteiger partial charge in [-0.05, 0) is 48.9 Å². The van der Waals surface area contributed by atoms with Gasteiger partial charge >= 0.3 is 5.97 Å². The van der Waals surface area contributed by atoms with Crippen LogP contribution in [0.25, 0.3) is 0 Å². The monoisotopic (exact) mass is 268 g/mol. The molecule has 1 fully saturated rings. The van der Waals surface area contributed by atoms with Gasteiger partial charge in [-0.25, -0.2) is 0 Å². The average molecular weight is 269 g/mol. The fourth-order valence-electron chi connectivity index (χ4n) is 2.29. The van der Waals surface area contributed by atoms with Gasteiger partial charge in [-0.1, -0.05) is 11.6 Å². The minimum Gasteiger partial charge on any atom is -0.496 e. The Morgan fingerprint density at radius 1 is 1.44 bits per heavy atom. The lowest BCUT2D eigenvalue weighted by atomic mass is 10.1. The van der Waals surface area contributed by atoms with Crippen molar-refractivity contribution in [2.24, 2.45) is 11.8 Å². The highest BCUT2D eigenvalue weighted by Crippen LogP contribution is 2.43. The molecule has 2 unspecified atom stereocenters. The van der Waals surface area contributed by atoms with Crippen LogP contribution in [0.2, 0.25) is 5.02 Å². The van der Waals surface area contributed by atoms with Gasteiger partial charge < -0.3 is 9.47 Å². The fraction of sp³-hybridized carbons (Fsp3) is 0.500. The van der Waals surface area contributed by atoms with Crippen LogP contribution in [0.3, 0.4) is 0 Å². The maximum Gasteiger partial charge on any atom is 0.308 e. The van der Waals surface area contributed by atoms with Crippen LogP contribution in [0.4, 0.5) is 0 Å². The molecular weight excluding hydrogens is 252 g/mol. The highest BCUT2D eigenvalue weighted by molar-refractivity contribution is 6.30. The first kappa shape index (κ1) is 13.2.